The molecule has 116 valence electrons. The van der Waals surface area contributed by atoms with Crippen molar-refractivity contribution in [3.8, 4) is 0 Å². The number of nitrogens with zero attached hydrogens (tertiary/aromatic N) is 3. The first-order chi connectivity index (χ1) is 10.2. The lowest BCUT2D eigenvalue weighted by atomic mass is 10.1. The molecule has 0 fully saturated rings. The zero-order valence-electron chi connectivity index (χ0n) is 12.4. The van der Waals surface area contributed by atoms with Crippen molar-refractivity contribution in [1.82, 2.24) is 9.47 Å². The number of unbranched alkanes of at least 4 members (excludes halogenated alkanes) is 1. The van der Waals surface area contributed by atoms with Gasteiger partial charge in [0.05, 0.1) is 5.71 Å². The highest BCUT2D eigenvalue weighted by Crippen LogP contribution is 2.21. The molecule has 1 aliphatic rings. The van der Waals surface area contributed by atoms with E-state index in [1.54, 1.807) is 0 Å². The number of carbonyl (C=O) groups excluding carboxylic acids is 1. The maximum atomic E-state index is 12.7. The van der Waals surface area contributed by atoms with Gasteiger partial charge in [0.25, 0.3) is 5.91 Å². The van der Waals surface area contributed by atoms with Gasteiger partial charge in [0.1, 0.15) is 5.69 Å². The zero-order chi connectivity index (χ0) is 15.2. The molecule has 6 heteroatoms. The van der Waals surface area contributed by atoms with Crippen molar-refractivity contribution < 1.29 is 10.0 Å². The molecule has 0 spiro atoms. The van der Waals surface area contributed by atoms with Crippen LogP contribution < -0.4 is 0 Å². The van der Waals surface area contributed by atoms with Crippen molar-refractivity contribution in [3.05, 3.63) is 23.5 Å². The highest BCUT2D eigenvalue weighted by molar-refractivity contribution is 6.17. The monoisotopic (exact) mass is 311 g/mol. The van der Waals surface area contributed by atoms with Gasteiger partial charge in [-0.3, -0.25) is 4.79 Å². The molecule has 2 heterocycles. The Morgan fingerprint density at radius 2 is 2.19 bits per heavy atom. The summed E-state index contributed by atoms with van der Waals surface area (Å²) < 4.78 is 1.96. The van der Waals surface area contributed by atoms with Crippen LogP contribution in [0.15, 0.2) is 17.4 Å². The lowest BCUT2D eigenvalue weighted by Gasteiger charge is -2.20. The van der Waals surface area contributed by atoms with Crippen LogP contribution in [0.5, 0.6) is 0 Å². The van der Waals surface area contributed by atoms with E-state index in [0.717, 1.165) is 37.9 Å². The van der Waals surface area contributed by atoms with E-state index < -0.39 is 0 Å². The van der Waals surface area contributed by atoms with Crippen LogP contribution in [0.1, 0.15) is 48.7 Å². The summed E-state index contributed by atoms with van der Waals surface area (Å²) in [6.45, 7) is 4.14. The first kappa shape index (κ1) is 15.9. The smallest absolute Gasteiger partial charge is 0.271 e. The highest BCUT2D eigenvalue weighted by atomic mass is 35.5. The van der Waals surface area contributed by atoms with Crippen molar-refractivity contribution in [3.63, 3.8) is 0 Å². The molecule has 0 atom stereocenters. The average molecular weight is 312 g/mol. The summed E-state index contributed by atoms with van der Waals surface area (Å²) in [5.74, 6) is 0.657. The van der Waals surface area contributed by atoms with Crippen molar-refractivity contribution in [2.75, 3.05) is 19.0 Å². The largest absolute Gasteiger partial charge is 0.411 e. The number of alkyl halides is 1. The van der Waals surface area contributed by atoms with Gasteiger partial charge in [0, 0.05) is 43.7 Å². The van der Waals surface area contributed by atoms with E-state index in [2.05, 4.69) is 12.1 Å². The first-order valence-electron chi connectivity index (χ1n) is 7.48. The van der Waals surface area contributed by atoms with Crippen LogP contribution >= 0.6 is 11.6 Å². The molecule has 1 aromatic rings. The van der Waals surface area contributed by atoms with Crippen LogP contribution in [-0.4, -0.2) is 45.3 Å². The first-order valence-corrected chi connectivity index (χ1v) is 8.02. The van der Waals surface area contributed by atoms with Crippen molar-refractivity contribution in [2.45, 2.75) is 39.2 Å². The standard InChI is InChI=1S/C15H22ClN3O2/c1-2-8-19-11-6-13(17-21)12-5-10-18(9-4-3-7-16)14(12)15(19)20/h5,10,21H,2-4,6-9,11H2,1H3. The second-order valence-corrected chi connectivity index (χ2v) is 5.63. The molecule has 1 aliphatic heterocycles. The summed E-state index contributed by atoms with van der Waals surface area (Å²) in [6.07, 6.45) is 5.25. The molecular formula is C15H22ClN3O2. The number of rotatable bonds is 6. The fraction of sp³-hybridized carbons (Fsp3) is 0.600. The molecule has 0 aromatic carbocycles. The van der Waals surface area contributed by atoms with Crippen LogP contribution in [0.25, 0.3) is 0 Å². The SMILES string of the molecule is CCCN1CCC(=NO)c2ccn(CCCCCl)c2C1=O. The van der Waals surface area contributed by atoms with E-state index >= 15 is 0 Å². The molecule has 21 heavy (non-hydrogen) atoms. The van der Waals surface area contributed by atoms with E-state index in [1.165, 1.54) is 0 Å². The lowest BCUT2D eigenvalue weighted by molar-refractivity contribution is 0.0752. The average Bonchev–Trinajstić information content (AvgIpc) is 2.84. The molecule has 0 saturated carbocycles. The fourth-order valence-electron chi connectivity index (χ4n) is 2.72. The van der Waals surface area contributed by atoms with Crippen molar-refractivity contribution in [2.24, 2.45) is 5.16 Å². The molecule has 1 amide bonds. The molecular weight excluding hydrogens is 290 g/mol. The van der Waals surface area contributed by atoms with Gasteiger partial charge in [-0.1, -0.05) is 12.1 Å². The summed E-state index contributed by atoms with van der Waals surface area (Å²) in [5, 5.41) is 12.6. The summed E-state index contributed by atoms with van der Waals surface area (Å²) in [6, 6.07) is 1.87. The lowest BCUT2D eigenvalue weighted by Crippen LogP contribution is -2.33. The minimum atomic E-state index is 0.0290. The zero-order valence-corrected chi connectivity index (χ0v) is 13.1. The van der Waals surface area contributed by atoms with E-state index in [0.29, 0.717) is 30.3 Å². The van der Waals surface area contributed by atoms with Gasteiger partial charge in [-0.05, 0) is 25.3 Å². The third-order valence-electron chi connectivity index (χ3n) is 3.78. The van der Waals surface area contributed by atoms with Gasteiger partial charge in [-0.25, -0.2) is 0 Å². The number of hydrogen-bond acceptors (Lipinski definition) is 3. The summed E-state index contributed by atoms with van der Waals surface area (Å²) in [5.41, 5.74) is 1.99. The maximum absolute atomic E-state index is 12.7. The second kappa shape index (κ2) is 7.50. The Labute approximate surface area is 130 Å². The van der Waals surface area contributed by atoms with E-state index in [-0.39, 0.29) is 5.91 Å². The Morgan fingerprint density at radius 3 is 2.86 bits per heavy atom. The Hall–Kier alpha value is -1.49. The van der Waals surface area contributed by atoms with Crippen molar-refractivity contribution >= 4 is 23.2 Å². The molecule has 2 rings (SSSR count). The number of oxime groups is 1. The molecule has 0 radical (unpaired) electrons. The van der Waals surface area contributed by atoms with Gasteiger partial charge in [-0.2, -0.15) is 0 Å². The third-order valence-corrected chi connectivity index (χ3v) is 4.05. The van der Waals surface area contributed by atoms with E-state index in [1.807, 2.05) is 21.7 Å². The predicted octanol–water partition coefficient (Wildman–Crippen LogP) is 2.94. The summed E-state index contributed by atoms with van der Waals surface area (Å²) in [4.78, 5) is 14.6. The van der Waals surface area contributed by atoms with E-state index in [9.17, 15) is 10.0 Å². The summed E-state index contributed by atoms with van der Waals surface area (Å²) >= 11 is 5.71. The predicted molar refractivity (Wildman–Crippen MR) is 83.5 cm³/mol. The molecule has 1 aromatic heterocycles. The van der Waals surface area contributed by atoms with Gasteiger partial charge in [0.15, 0.2) is 0 Å². The van der Waals surface area contributed by atoms with Crippen LogP contribution in [0.4, 0.5) is 0 Å². The van der Waals surface area contributed by atoms with Crippen LogP contribution in [0.3, 0.4) is 0 Å². The molecule has 0 unspecified atom stereocenters. The number of hydrogen-bond donors (Lipinski definition) is 1. The molecule has 0 bridgehead atoms. The van der Waals surface area contributed by atoms with Crippen LogP contribution in [-0.2, 0) is 6.54 Å². The van der Waals surface area contributed by atoms with Gasteiger partial charge >= 0.3 is 0 Å². The topological polar surface area (TPSA) is 57.8 Å². The normalized spacial score (nSPS) is 17.1. The highest BCUT2D eigenvalue weighted by Gasteiger charge is 2.28. The number of carbonyl (C=O) groups is 1. The third kappa shape index (κ3) is 3.40. The molecule has 0 saturated heterocycles. The Bertz CT molecular complexity index is 525. The summed E-state index contributed by atoms with van der Waals surface area (Å²) in [7, 11) is 0. The minimum Gasteiger partial charge on any atom is -0.411 e. The van der Waals surface area contributed by atoms with Crippen LogP contribution in [0, 0.1) is 0 Å². The fourth-order valence-corrected chi connectivity index (χ4v) is 2.91. The number of amides is 1. The number of halogens is 1. The minimum absolute atomic E-state index is 0.0290. The maximum Gasteiger partial charge on any atom is 0.271 e. The Balaban J connectivity index is 2.33. The Morgan fingerprint density at radius 1 is 1.38 bits per heavy atom. The Kier molecular flexibility index (Phi) is 5.67. The molecule has 0 aliphatic carbocycles. The van der Waals surface area contributed by atoms with Crippen molar-refractivity contribution in [1.29, 1.82) is 0 Å². The number of fused-ring (bicyclic) bond motifs is 1. The quantitative estimate of drug-likeness (QED) is 0.380. The second-order valence-electron chi connectivity index (χ2n) is 5.26. The van der Waals surface area contributed by atoms with Crippen LogP contribution in [0.2, 0.25) is 0 Å². The number of aryl methyl sites for hydroxylation is 1. The molecule has 5 nitrogen and oxygen atoms in total. The van der Waals surface area contributed by atoms with Gasteiger partial charge < -0.3 is 14.7 Å². The van der Waals surface area contributed by atoms with Gasteiger partial charge in [-0.15, -0.1) is 11.6 Å². The number of aromatic nitrogens is 1. The molecule has 1 N–H and O–H groups in total. The van der Waals surface area contributed by atoms with Gasteiger partial charge in [0.2, 0.25) is 0 Å². The van der Waals surface area contributed by atoms with E-state index in [4.69, 9.17) is 11.6 Å².